The number of furan rings is 1. The third-order valence-electron chi connectivity index (χ3n) is 3.11. The molecule has 0 bridgehead atoms. The Balaban J connectivity index is 2.18. The molecule has 19 heavy (non-hydrogen) atoms. The molecule has 3 heteroatoms. The summed E-state index contributed by atoms with van der Waals surface area (Å²) >= 11 is 0. The number of hydrogen-bond donors (Lipinski definition) is 0. The predicted molar refractivity (Wildman–Crippen MR) is 72.6 cm³/mol. The van der Waals surface area contributed by atoms with Crippen LogP contribution in [-0.4, -0.2) is 11.6 Å². The highest BCUT2D eigenvalue weighted by Crippen LogP contribution is 2.18. The van der Waals surface area contributed by atoms with Gasteiger partial charge in [0.15, 0.2) is 11.6 Å². The Labute approximate surface area is 112 Å². The number of aryl methyl sites for hydroxylation is 3. The van der Waals surface area contributed by atoms with Gasteiger partial charge in [-0.1, -0.05) is 24.3 Å². The molecular formula is C16H16O3. The maximum atomic E-state index is 12.1. The molecule has 98 valence electrons. The van der Waals surface area contributed by atoms with E-state index in [0.717, 1.165) is 5.56 Å². The fourth-order valence-electron chi connectivity index (χ4n) is 2.13. The van der Waals surface area contributed by atoms with E-state index in [0.29, 0.717) is 22.6 Å². The lowest BCUT2D eigenvalue weighted by Crippen LogP contribution is -2.10. The van der Waals surface area contributed by atoms with Crippen LogP contribution in [-0.2, 0) is 0 Å². The number of Topliss-reactive ketones (excluding diaryl/α,β-unsaturated/α-hetero) is 2. The minimum Gasteiger partial charge on any atom is -0.466 e. The lowest BCUT2D eigenvalue weighted by molar-refractivity contribution is 0.0893. The molecule has 2 aromatic rings. The van der Waals surface area contributed by atoms with Crippen LogP contribution in [0.2, 0.25) is 0 Å². The molecule has 2 rings (SSSR count). The molecule has 0 radical (unpaired) electrons. The average Bonchev–Trinajstić information content (AvgIpc) is 2.69. The lowest BCUT2D eigenvalue weighted by Gasteiger charge is -2.03. The Kier molecular flexibility index (Phi) is 3.65. The highest BCUT2D eigenvalue weighted by molar-refractivity contribution is 6.14. The van der Waals surface area contributed by atoms with Crippen molar-refractivity contribution >= 4 is 11.6 Å². The Morgan fingerprint density at radius 1 is 1.00 bits per heavy atom. The third-order valence-corrected chi connectivity index (χ3v) is 3.11. The quantitative estimate of drug-likeness (QED) is 0.619. The van der Waals surface area contributed by atoms with Crippen molar-refractivity contribution in [1.82, 2.24) is 0 Å². The van der Waals surface area contributed by atoms with E-state index in [4.69, 9.17) is 4.42 Å². The van der Waals surface area contributed by atoms with Gasteiger partial charge in [0.1, 0.15) is 11.5 Å². The van der Waals surface area contributed by atoms with Gasteiger partial charge in [0.05, 0.1) is 12.0 Å². The number of rotatable bonds is 4. The first-order valence-electron chi connectivity index (χ1n) is 6.18. The molecule has 0 fully saturated rings. The van der Waals surface area contributed by atoms with Gasteiger partial charge < -0.3 is 4.42 Å². The van der Waals surface area contributed by atoms with Crippen molar-refractivity contribution in [1.29, 1.82) is 0 Å². The highest BCUT2D eigenvalue weighted by Gasteiger charge is 2.18. The number of hydrogen-bond acceptors (Lipinski definition) is 3. The molecular weight excluding hydrogens is 240 g/mol. The monoisotopic (exact) mass is 256 g/mol. The SMILES string of the molecule is Cc1cc(C(=O)CC(=O)c2ccccc2C)c(C)o1. The van der Waals surface area contributed by atoms with E-state index < -0.39 is 0 Å². The van der Waals surface area contributed by atoms with Crippen LogP contribution in [0, 0.1) is 20.8 Å². The average molecular weight is 256 g/mol. The van der Waals surface area contributed by atoms with Crippen LogP contribution in [0.3, 0.4) is 0 Å². The zero-order valence-corrected chi connectivity index (χ0v) is 11.3. The summed E-state index contributed by atoms with van der Waals surface area (Å²) in [4.78, 5) is 24.2. The van der Waals surface area contributed by atoms with Crippen molar-refractivity contribution in [2.45, 2.75) is 27.2 Å². The van der Waals surface area contributed by atoms with E-state index in [1.165, 1.54) is 0 Å². The van der Waals surface area contributed by atoms with Crippen molar-refractivity contribution in [3.63, 3.8) is 0 Å². The number of ketones is 2. The number of benzene rings is 1. The summed E-state index contributed by atoms with van der Waals surface area (Å²) in [5, 5.41) is 0. The number of carbonyl (C=O) groups excluding carboxylic acids is 2. The Hall–Kier alpha value is -2.16. The topological polar surface area (TPSA) is 47.3 Å². The van der Waals surface area contributed by atoms with Gasteiger partial charge in [0, 0.05) is 5.56 Å². The van der Waals surface area contributed by atoms with Gasteiger partial charge in [-0.15, -0.1) is 0 Å². The van der Waals surface area contributed by atoms with Crippen molar-refractivity contribution in [2.24, 2.45) is 0 Å². The smallest absolute Gasteiger partial charge is 0.174 e. The summed E-state index contributed by atoms with van der Waals surface area (Å²) in [5.41, 5.74) is 1.99. The maximum Gasteiger partial charge on any atom is 0.174 e. The van der Waals surface area contributed by atoms with Crippen LogP contribution in [0.15, 0.2) is 34.7 Å². The van der Waals surface area contributed by atoms with E-state index in [2.05, 4.69) is 0 Å². The van der Waals surface area contributed by atoms with E-state index in [1.807, 2.05) is 19.1 Å². The first kappa shape index (κ1) is 13.3. The van der Waals surface area contributed by atoms with Gasteiger partial charge in [-0.05, 0) is 32.4 Å². The van der Waals surface area contributed by atoms with Gasteiger partial charge in [-0.3, -0.25) is 9.59 Å². The Morgan fingerprint density at radius 2 is 1.63 bits per heavy atom. The fraction of sp³-hybridized carbons (Fsp3) is 0.250. The van der Waals surface area contributed by atoms with Crippen molar-refractivity contribution in [3.05, 3.63) is 58.5 Å². The second-order valence-corrected chi connectivity index (χ2v) is 4.66. The zero-order chi connectivity index (χ0) is 14.0. The van der Waals surface area contributed by atoms with E-state index >= 15 is 0 Å². The second kappa shape index (κ2) is 5.22. The van der Waals surface area contributed by atoms with Gasteiger partial charge in [-0.25, -0.2) is 0 Å². The predicted octanol–water partition coefficient (Wildman–Crippen LogP) is 3.66. The molecule has 1 heterocycles. The normalized spacial score (nSPS) is 10.5. The molecule has 0 atom stereocenters. The van der Waals surface area contributed by atoms with Crippen LogP contribution in [0.4, 0.5) is 0 Å². The maximum absolute atomic E-state index is 12.1. The molecule has 0 saturated heterocycles. The second-order valence-electron chi connectivity index (χ2n) is 4.66. The first-order chi connectivity index (χ1) is 8.99. The van der Waals surface area contributed by atoms with Crippen molar-refractivity contribution < 1.29 is 14.0 Å². The first-order valence-corrected chi connectivity index (χ1v) is 6.18. The van der Waals surface area contributed by atoms with Crippen molar-refractivity contribution in [3.8, 4) is 0 Å². The largest absolute Gasteiger partial charge is 0.466 e. The minimum absolute atomic E-state index is 0.120. The molecule has 0 unspecified atom stereocenters. The van der Waals surface area contributed by atoms with E-state index in [-0.39, 0.29) is 18.0 Å². The summed E-state index contributed by atoms with van der Waals surface area (Å²) in [6.07, 6.45) is -0.120. The molecule has 0 spiro atoms. The van der Waals surface area contributed by atoms with Crippen LogP contribution >= 0.6 is 0 Å². The number of carbonyl (C=O) groups is 2. The standard InChI is InChI=1S/C16H16O3/c1-10-6-4-5-7-13(10)15(17)9-16(18)14-8-11(2)19-12(14)3/h4-8H,9H2,1-3H3. The Bertz CT molecular complexity index is 635. The molecule has 0 aliphatic heterocycles. The molecule has 1 aromatic heterocycles. The van der Waals surface area contributed by atoms with Crippen LogP contribution < -0.4 is 0 Å². The van der Waals surface area contributed by atoms with Gasteiger partial charge in [0.25, 0.3) is 0 Å². The van der Waals surface area contributed by atoms with E-state index in [1.54, 1.807) is 32.0 Å². The fourth-order valence-corrected chi connectivity index (χ4v) is 2.13. The third kappa shape index (κ3) is 2.81. The van der Waals surface area contributed by atoms with E-state index in [9.17, 15) is 9.59 Å². The molecule has 0 aliphatic rings. The van der Waals surface area contributed by atoms with Crippen molar-refractivity contribution in [2.75, 3.05) is 0 Å². The molecule has 0 aliphatic carbocycles. The minimum atomic E-state index is -0.192. The summed E-state index contributed by atoms with van der Waals surface area (Å²) in [6.45, 7) is 5.39. The van der Waals surface area contributed by atoms with Gasteiger partial charge >= 0.3 is 0 Å². The van der Waals surface area contributed by atoms with Gasteiger partial charge in [0.2, 0.25) is 0 Å². The Morgan fingerprint density at radius 3 is 2.21 bits per heavy atom. The summed E-state index contributed by atoms with van der Waals surface area (Å²) in [6, 6.07) is 8.97. The zero-order valence-electron chi connectivity index (χ0n) is 11.3. The van der Waals surface area contributed by atoms with Crippen LogP contribution in [0.5, 0.6) is 0 Å². The molecule has 3 nitrogen and oxygen atoms in total. The van der Waals surface area contributed by atoms with Crippen LogP contribution in [0.1, 0.15) is 44.2 Å². The van der Waals surface area contributed by atoms with Crippen LogP contribution in [0.25, 0.3) is 0 Å². The lowest BCUT2D eigenvalue weighted by atomic mass is 9.99. The highest BCUT2D eigenvalue weighted by atomic mass is 16.3. The molecule has 0 amide bonds. The summed E-state index contributed by atoms with van der Waals surface area (Å²) in [5.74, 6) is 0.910. The molecule has 0 N–H and O–H groups in total. The summed E-state index contributed by atoms with van der Waals surface area (Å²) < 4.78 is 5.31. The van der Waals surface area contributed by atoms with Gasteiger partial charge in [-0.2, -0.15) is 0 Å². The summed E-state index contributed by atoms with van der Waals surface area (Å²) in [7, 11) is 0. The molecule has 1 aromatic carbocycles. The molecule has 0 saturated carbocycles.